The Labute approximate surface area is 234 Å². The molecular weight excluding hydrogens is 502 g/mol. The topological polar surface area (TPSA) is 80.6 Å². The van der Waals surface area contributed by atoms with Gasteiger partial charge in [0.2, 0.25) is 0 Å². The number of imidazole rings is 1. The number of likely N-dealkylation sites (N-methyl/N-ethyl adjacent to an activating group) is 1. The first kappa shape index (κ1) is 26.0. The van der Waals surface area contributed by atoms with Gasteiger partial charge in [-0.2, -0.15) is 0 Å². The molecule has 0 aliphatic carbocycles. The second-order valence-electron chi connectivity index (χ2n) is 10.5. The molecule has 1 fully saturated rings. The van der Waals surface area contributed by atoms with Gasteiger partial charge in [0.15, 0.2) is 0 Å². The molecule has 0 saturated carbocycles. The molecule has 9 heteroatoms. The van der Waals surface area contributed by atoms with Gasteiger partial charge in [-0.15, -0.1) is 0 Å². The fourth-order valence-electron chi connectivity index (χ4n) is 5.06. The van der Waals surface area contributed by atoms with Crippen LogP contribution >= 0.6 is 0 Å². The molecule has 40 heavy (non-hydrogen) atoms. The number of benzene rings is 3. The Morgan fingerprint density at radius 2 is 1.70 bits per heavy atom. The molecule has 6 rings (SSSR count). The van der Waals surface area contributed by atoms with Gasteiger partial charge in [-0.1, -0.05) is 0 Å². The van der Waals surface area contributed by atoms with Gasteiger partial charge in [-0.25, -0.2) is 15.0 Å². The number of piperazine rings is 1. The zero-order valence-corrected chi connectivity index (χ0v) is 23.3. The van der Waals surface area contributed by atoms with Crippen molar-refractivity contribution in [2.75, 3.05) is 51.7 Å². The highest BCUT2D eigenvalue weighted by Crippen LogP contribution is 2.31. The normalized spacial score (nSPS) is 14.6. The smallest absolute Gasteiger partial charge is 0.141 e. The molecule has 0 bridgehead atoms. The van der Waals surface area contributed by atoms with E-state index in [-0.39, 0.29) is 0 Å². The van der Waals surface area contributed by atoms with E-state index in [1.165, 1.54) is 0 Å². The second kappa shape index (κ2) is 11.5. The predicted molar refractivity (Wildman–Crippen MR) is 159 cm³/mol. The zero-order chi connectivity index (χ0) is 27.5. The summed E-state index contributed by atoms with van der Waals surface area (Å²) >= 11 is 0. The van der Waals surface area contributed by atoms with E-state index in [0.717, 1.165) is 95.4 Å². The molecular formula is C31H35N7O2. The molecule has 1 N–H and O–H groups in total. The molecule has 0 atom stereocenters. The van der Waals surface area contributed by atoms with Crippen LogP contribution in [-0.4, -0.2) is 75.7 Å². The van der Waals surface area contributed by atoms with E-state index in [2.05, 4.69) is 43.2 Å². The van der Waals surface area contributed by atoms with Gasteiger partial charge in [0, 0.05) is 56.9 Å². The van der Waals surface area contributed by atoms with Crippen LogP contribution in [0.2, 0.25) is 0 Å². The van der Waals surface area contributed by atoms with E-state index in [9.17, 15) is 0 Å². The molecule has 0 spiro atoms. The van der Waals surface area contributed by atoms with Gasteiger partial charge in [-0.05, 0) is 74.5 Å². The first-order valence-electron chi connectivity index (χ1n) is 13.8. The Bertz CT molecular complexity index is 1630. The Morgan fingerprint density at radius 3 is 2.55 bits per heavy atom. The minimum absolute atomic E-state index is 0.683. The Kier molecular flexibility index (Phi) is 7.48. The monoisotopic (exact) mass is 537 g/mol. The largest absolute Gasteiger partial charge is 0.494 e. The van der Waals surface area contributed by atoms with Crippen LogP contribution in [-0.2, 0) is 7.05 Å². The first-order valence-corrected chi connectivity index (χ1v) is 13.8. The van der Waals surface area contributed by atoms with Crippen molar-refractivity contribution in [1.82, 2.24) is 29.3 Å². The number of nitrogens with zero attached hydrogens (tertiary/aromatic N) is 6. The van der Waals surface area contributed by atoms with Crippen molar-refractivity contribution >= 4 is 33.4 Å². The van der Waals surface area contributed by atoms with Gasteiger partial charge >= 0.3 is 0 Å². The SMILES string of the molecule is Cc1cc(Nc2ncnc3ccc(OCCCN4CCN(C)CC4)cc23)ccc1Oc1ccc2c(c1)ncn2C. The van der Waals surface area contributed by atoms with Crippen LogP contribution in [0.25, 0.3) is 21.9 Å². The standard InChI is InChI=1S/C31H35N7O2/c1-22-17-23(5-10-30(22)40-25-7-9-29-28(19-25)34-21-37(29)3)35-31-26-18-24(6-8-27(26)32-20-33-31)39-16-4-11-38-14-12-36(2)13-15-38/h5-10,17-21H,4,11-16H2,1-3H3,(H,32,33,35). The van der Waals surface area contributed by atoms with Crippen LogP contribution in [0.15, 0.2) is 67.3 Å². The van der Waals surface area contributed by atoms with Crippen LogP contribution in [0.4, 0.5) is 11.5 Å². The van der Waals surface area contributed by atoms with Crippen molar-refractivity contribution in [2.24, 2.45) is 7.05 Å². The average molecular weight is 538 g/mol. The van der Waals surface area contributed by atoms with E-state index < -0.39 is 0 Å². The van der Waals surface area contributed by atoms with E-state index >= 15 is 0 Å². The number of fused-ring (bicyclic) bond motifs is 2. The van der Waals surface area contributed by atoms with Crippen molar-refractivity contribution in [3.63, 3.8) is 0 Å². The van der Waals surface area contributed by atoms with Crippen molar-refractivity contribution in [2.45, 2.75) is 13.3 Å². The number of hydrogen-bond donors (Lipinski definition) is 1. The lowest BCUT2D eigenvalue weighted by Gasteiger charge is -2.32. The summed E-state index contributed by atoms with van der Waals surface area (Å²) in [5.74, 6) is 3.11. The molecule has 0 radical (unpaired) electrons. The molecule has 1 aliphatic heterocycles. The number of rotatable bonds is 9. The molecule has 0 amide bonds. The molecule has 3 heterocycles. The Hall–Kier alpha value is -4.21. The third kappa shape index (κ3) is 5.85. The summed E-state index contributed by atoms with van der Waals surface area (Å²) < 4.78 is 14.3. The molecule has 3 aromatic carbocycles. The molecule has 9 nitrogen and oxygen atoms in total. The maximum Gasteiger partial charge on any atom is 0.141 e. The average Bonchev–Trinajstić information content (AvgIpc) is 3.33. The maximum absolute atomic E-state index is 6.18. The van der Waals surface area contributed by atoms with Crippen LogP contribution < -0.4 is 14.8 Å². The highest BCUT2D eigenvalue weighted by atomic mass is 16.5. The summed E-state index contributed by atoms with van der Waals surface area (Å²) in [6, 6.07) is 18.0. The maximum atomic E-state index is 6.18. The highest BCUT2D eigenvalue weighted by Gasteiger charge is 2.13. The van der Waals surface area contributed by atoms with E-state index in [4.69, 9.17) is 9.47 Å². The fraction of sp³-hybridized carbons (Fsp3) is 0.323. The van der Waals surface area contributed by atoms with Crippen molar-refractivity contribution < 1.29 is 9.47 Å². The zero-order valence-electron chi connectivity index (χ0n) is 23.3. The van der Waals surface area contributed by atoms with Crippen LogP contribution in [0.1, 0.15) is 12.0 Å². The van der Waals surface area contributed by atoms with Crippen LogP contribution in [0, 0.1) is 6.92 Å². The Morgan fingerprint density at radius 1 is 0.850 bits per heavy atom. The van der Waals surface area contributed by atoms with Crippen molar-refractivity contribution in [3.8, 4) is 17.2 Å². The molecule has 1 aliphatic rings. The summed E-state index contributed by atoms with van der Waals surface area (Å²) in [4.78, 5) is 18.3. The lowest BCUT2D eigenvalue weighted by Crippen LogP contribution is -2.44. The number of nitrogens with one attached hydrogen (secondary N) is 1. The van der Waals surface area contributed by atoms with E-state index in [1.807, 2.05) is 73.4 Å². The van der Waals surface area contributed by atoms with Gasteiger partial charge in [-0.3, -0.25) is 0 Å². The number of aromatic nitrogens is 4. The van der Waals surface area contributed by atoms with Crippen LogP contribution in [0.5, 0.6) is 17.2 Å². The first-order chi connectivity index (χ1) is 19.5. The molecule has 5 aromatic rings. The summed E-state index contributed by atoms with van der Waals surface area (Å²) in [6.07, 6.45) is 4.39. The molecule has 206 valence electrons. The summed E-state index contributed by atoms with van der Waals surface area (Å²) in [5.41, 5.74) is 4.77. The molecule has 2 aromatic heterocycles. The highest BCUT2D eigenvalue weighted by molar-refractivity contribution is 5.91. The van der Waals surface area contributed by atoms with Gasteiger partial charge in [0.25, 0.3) is 0 Å². The number of hydrogen-bond acceptors (Lipinski definition) is 8. The fourth-order valence-corrected chi connectivity index (χ4v) is 5.06. The minimum atomic E-state index is 0.683. The molecule has 0 unspecified atom stereocenters. The Balaban J connectivity index is 1.11. The number of anilines is 2. The van der Waals surface area contributed by atoms with E-state index in [1.54, 1.807) is 6.33 Å². The van der Waals surface area contributed by atoms with Crippen molar-refractivity contribution in [3.05, 3.63) is 72.8 Å². The number of aryl methyl sites for hydroxylation is 2. The van der Waals surface area contributed by atoms with Gasteiger partial charge in [0.05, 0.1) is 29.5 Å². The van der Waals surface area contributed by atoms with Gasteiger partial charge < -0.3 is 29.2 Å². The van der Waals surface area contributed by atoms with Crippen molar-refractivity contribution in [1.29, 1.82) is 0 Å². The second-order valence-corrected chi connectivity index (χ2v) is 10.5. The summed E-state index contributed by atoms with van der Waals surface area (Å²) in [5, 5.41) is 4.38. The number of ether oxygens (including phenoxy) is 2. The van der Waals surface area contributed by atoms with E-state index in [0.29, 0.717) is 6.61 Å². The molecule has 1 saturated heterocycles. The lowest BCUT2D eigenvalue weighted by molar-refractivity contribution is 0.145. The quantitative estimate of drug-likeness (QED) is 0.251. The third-order valence-corrected chi connectivity index (χ3v) is 7.45. The minimum Gasteiger partial charge on any atom is -0.494 e. The third-order valence-electron chi connectivity index (χ3n) is 7.45. The summed E-state index contributed by atoms with van der Waals surface area (Å²) in [7, 11) is 4.17. The predicted octanol–water partition coefficient (Wildman–Crippen LogP) is 5.38. The summed E-state index contributed by atoms with van der Waals surface area (Å²) in [6.45, 7) is 8.32. The van der Waals surface area contributed by atoms with Gasteiger partial charge in [0.1, 0.15) is 29.4 Å². The van der Waals surface area contributed by atoms with Crippen LogP contribution in [0.3, 0.4) is 0 Å². The lowest BCUT2D eigenvalue weighted by atomic mass is 10.2.